The number of ether oxygens (including phenoxy) is 3. The van der Waals surface area contributed by atoms with Crippen molar-refractivity contribution in [3.05, 3.63) is 58.4 Å². The largest absolute Gasteiger partial charge is 0.497 e. The molecule has 0 spiro atoms. The molecule has 0 aliphatic rings. The molecule has 1 aromatic heterocycles. The van der Waals surface area contributed by atoms with Crippen molar-refractivity contribution < 1.29 is 24.1 Å². The zero-order valence-electron chi connectivity index (χ0n) is 14.8. The zero-order chi connectivity index (χ0) is 19.6. The number of aromatic carboxylic acids is 1. The van der Waals surface area contributed by atoms with E-state index >= 15 is 0 Å². The number of rotatable bonds is 6. The Kier molecular flexibility index (Phi) is 5.00. The predicted octanol–water partition coefficient (Wildman–Crippen LogP) is 2.26. The van der Waals surface area contributed by atoms with Crippen LogP contribution in [0.3, 0.4) is 0 Å². The molecule has 3 N–H and O–H groups in total. The van der Waals surface area contributed by atoms with E-state index in [1.807, 2.05) is 0 Å². The van der Waals surface area contributed by atoms with Gasteiger partial charge in [-0.2, -0.15) is 0 Å². The van der Waals surface area contributed by atoms with Crippen LogP contribution < -0.4 is 20.6 Å². The third-order valence-electron chi connectivity index (χ3n) is 3.98. The fourth-order valence-electron chi connectivity index (χ4n) is 2.75. The molecule has 0 atom stereocenters. The SMILES string of the molecule is COCOc1ccc2c(=O)c(C(=O)O)cn(-c3cc(N)cc(OC)c3)c2c1. The van der Waals surface area contributed by atoms with E-state index in [0.717, 1.165) is 0 Å². The first-order valence-corrected chi connectivity index (χ1v) is 7.94. The summed E-state index contributed by atoms with van der Waals surface area (Å²) in [6, 6.07) is 9.72. The Hall–Kier alpha value is -3.52. The Morgan fingerprint density at radius 1 is 1.15 bits per heavy atom. The molecule has 0 aliphatic carbocycles. The maximum absolute atomic E-state index is 12.6. The van der Waals surface area contributed by atoms with Crippen LogP contribution in [0.25, 0.3) is 16.6 Å². The zero-order valence-corrected chi connectivity index (χ0v) is 14.8. The van der Waals surface area contributed by atoms with Crippen LogP contribution in [-0.2, 0) is 4.74 Å². The lowest BCUT2D eigenvalue weighted by Gasteiger charge is -2.15. The highest BCUT2D eigenvalue weighted by molar-refractivity contribution is 5.93. The van der Waals surface area contributed by atoms with Gasteiger partial charge in [-0.1, -0.05) is 0 Å². The van der Waals surface area contributed by atoms with Gasteiger partial charge in [-0.15, -0.1) is 0 Å². The minimum absolute atomic E-state index is 0.0368. The van der Waals surface area contributed by atoms with Crippen LogP contribution in [0.5, 0.6) is 11.5 Å². The Morgan fingerprint density at radius 2 is 1.93 bits per heavy atom. The molecule has 0 saturated carbocycles. The number of carboxylic acids is 1. The summed E-state index contributed by atoms with van der Waals surface area (Å²) >= 11 is 0. The average molecular weight is 370 g/mol. The number of pyridine rings is 1. The van der Waals surface area contributed by atoms with Gasteiger partial charge < -0.3 is 29.6 Å². The van der Waals surface area contributed by atoms with E-state index in [2.05, 4.69) is 0 Å². The molecule has 1 heterocycles. The summed E-state index contributed by atoms with van der Waals surface area (Å²) in [7, 11) is 3.00. The lowest BCUT2D eigenvalue weighted by Crippen LogP contribution is -2.18. The van der Waals surface area contributed by atoms with E-state index < -0.39 is 11.4 Å². The van der Waals surface area contributed by atoms with E-state index in [9.17, 15) is 14.7 Å². The van der Waals surface area contributed by atoms with Crippen LogP contribution in [0, 0.1) is 0 Å². The van der Waals surface area contributed by atoms with Crippen molar-refractivity contribution in [2.75, 3.05) is 26.7 Å². The second-order valence-corrected chi connectivity index (χ2v) is 5.74. The monoisotopic (exact) mass is 370 g/mol. The molecule has 3 aromatic rings. The van der Waals surface area contributed by atoms with Gasteiger partial charge in [0.05, 0.1) is 18.3 Å². The second-order valence-electron chi connectivity index (χ2n) is 5.74. The molecule has 140 valence electrons. The number of carboxylic acid groups (broad SMARTS) is 1. The van der Waals surface area contributed by atoms with Crippen LogP contribution in [0.1, 0.15) is 10.4 Å². The van der Waals surface area contributed by atoms with Crippen molar-refractivity contribution in [1.82, 2.24) is 4.57 Å². The Balaban J connectivity index is 2.34. The van der Waals surface area contributed by atoms with Gasteiger partial charge in [0.2, 0.25) is 5.43 Å². The molecule has 3 rings (SSSR count). The third kappa shape index (κ3) is 3.56. The van der Waals surface area contributed by atoms with Gasteiger partial charge in [-0.05, 0) is 18.2 Å². The van der Waals surface area contributed by atoms with Gasteiger partial charge in [-0.25, -0.2) is 4.79 Å². The lowest BCUT2D eigenvalue weighted by molar-refractivity contribution is 0.0512. The number of aromatic nitrogens is 1. The number of hydrogen-bond donors (Lipinski definition) is 2. The highest BCUT2D eigenvalue weighted by Crippen LogP contribution is 2.26. The topological polar surface area (TPSA) is 113 Å². The second kappa shape index (κ2) is 7.38. The molecular formula is C19H18N2O6. The van der Waals surface area contributed by atoms with Crippen LogP contribution in [0.2, 0.25) is 0 Å². The fourth-order valence-corrected chi connectivity index (χ4v) is 2.75. The molecule has 0 amide bonds. The van der Waals surface area contributed by atoms with Gasteiger partial charge >= 0.3 is 5.97 Å². The quantitative estimate of drug-likeness (QED) is 0.505. The number of nitrogens with two attached hydrogens (primary N) is 1. The molecule has 2 aromatic carbocycles. The maximum Gasteiger partial charge on any atom is 0.341 e. The summed E-state index contributed by atoms with van der Waals surface area (Å²) in [6.07, 6.45) is 1.27. The van der Waals surface area contributed by atoms with Crippen molar-refractivity contribution in [2.24, 2.45) is 0 Å². The molecule has 8 heteroatoms. The Labute approximate surface area is 154 Å². The van der Waals surface area contributed by atoms with E-state index in [1.54, 1.807) is 34.9 Å². The number of fused-ring (bicyclic) bond motifs is 1. The maximum atomic E-state index is 12.6. The highest BCUT2D eigenvalue weighted by Gasteiger charge is 2.16. The molecule has 0 bridgehead atoms. The molecule has 0 radical (unpaired) electrons. The van der Waals surface area contributed by atoms with Gasteiger partial charge in [0.15, 0.2) is 6.79 Å². The lowest BCUT2D eigenvalue weighted by atomic mass is 10.1. The van der Waals surface area contributed by atoms with Gasteiger partial charge in [-0.3, -0.25) is 4.79 Å². The summed E-state index contributed by atoms with van der Waals surface area (Å²) in [5.41, 5.74) is 6.43. The number of nitrogens with zero attached hydrogens (tertiary/aromatic N) is 1. The number of anilines is 1. The molecule has 27 heavy (non-hydrogen) atoms. The van der Waals surface area contributed by atoms with E-state index in [4.69, 9.17) is 19.9 Å². The summed E-state index contributed by atoms with van der Waals surface area (Å²) in [5, 5.41) is 9.66. The molecule has 0 fully saturated rings. The number of benzene rings is 2. The van der Waals surface area contributed by atoms with Crippen molar-refractivity contribution in [3.8, 4) is 17.2 Å². The van der Waals surface area contributed by atoms with Crippen molar-refractivity contribution in [3.63, 3.8) is 0 Å². The van der Waals surface area contributed by atoms with E-state index in [0.29, 0.717) is 28.4 Å². The van der Waals surface area contributed by atoms with E-state index in [-0.39, 0.29) is 17.7 Å². The number of hydrogen-bond acceptors (Lipinski definition) is 6. The van der Waals surface area contributed by atoms with Crippen LogP contribution in [0.15, 0.2) is 47.4 Å². The number of methoxy groups -OCH3 is 2. The molecule has 0 saturated heterocycles. The van der Waals surface area contributed by atoms with Crippen LogP contribution in [0.4, 0.5) is 5.69 Å². The molecule has 8 nitrogen and oxygen atoms in total. The standard InChI is InChI=1S/C19H18N2O6/c1-25-10-27-13-3-4-15-17(8-13)21(9-16(18(15)22)19(23)24)12-5-11(20)6-14(7-12)26-2/h3-9H,10,20H2,1-2H3,(H,23,24). The van der Waals surface area contributed by atoms with Crippen molar-refractivity contribution in [2.45, 2.75) is 0 Å². The summed E-state index contributed by atoms with van der Waals surface area (Å²) < 4.78 is 17.1. The van der Waals surface area contributed by atoms with Gasteiger partial charge in [0.25, 0.3) is 0 Å². The number of nitrogen functional groups attached to an aromatic ring is 1. The molecule has 0 aliphatic heterocycles. The average Bonchev–Trinajstić information content (AvgIpc) is 2.65. The van der Waals surface area contributed by atoms with Crippen LogP contribution in [-0.4, -0.2) is 36.7 Å². The minimum Gasteiger partial charge on any atom is -0.497 e. The first kappa shape index (κ1) is 18.3. The summed E-state index contributed by atoms with van der Waals surface area (Å²) in [4.78, 5) is 24.1. The van der Waals surface area contributed by atoms with E-state index in [1.165, 1.54) is 26.5 Å². The Morgan fingerprint density at radius 3 is 2.59 bits per heavy atom. The van der Waals surface area contributed by atoms with Crippen molar-refractivity contribution >= 4 is 22.6 Å². The summed E-state index contributed by atoms with van der Waals surface area (Å²) in [6.45, 7) is 0.0368. The normalized spacial score (nSPS) is 10.7. The molecule has 0 unspecified atom stereocenters. The predicted molar refractivity (Wildman–Crippen MR) is 100.0 cm³/mol. The van der Waals surface area contributed by atoms with Gasteiger partial charge in [0.1, 0.15) is 17.1 Å². The number of carbonyl (C=O) groups is 1. The van der Waals surface area contributed by atoms with Crippen molar-refractivity contribution in [1.29, 1.82) is 0 Å². The van der Waals surface area contributed by atoms with Crippen LogP contribution >= 0.6 is 0 Å². The highest BCUT2D eigenvalue weighted by atomic mass is 16.7. The first-order chi connectivity index (χ1) is 12.9. The fraction of sp³-hybridized carbons (Fsp3) is 0.158. The first-order valence-electron chi connectivity index (χ1n) is 7.94. The summed E-state index contributed by atoms with van der Waals surface area (Å²) in [5.74, 6) is -0.344. The van der Waals surface area contributed by atoms with Gasteiger partial charge in [0, 0.05) is 42.6 Å². The smallest absolute Gasteiger partial charge is 0.341 e. The minimum atomic E-state index is -1.31. The third-order valence-corrected chi connectivity index (χ3v) is 3.98. The Bertz CT molecular complexity index is 1070. The molecular weight excluding hydrogens is 352 g/mol.